The summed E-state index contributed by atoms with van der Waals surface area (Å²) in [5, 5.41) is 16.1. The molecule has 0 aliphatic heterocycles. The van der Waals surface area contributed by atoms with E-state index in [0.29, 0.717) is 5.56 Å². The first-order valence-corrected chi connectivity index (χ1v) is 11.4. The van der Waals surface area contributed by atoms with E-state index in [1.54, 1.807) is 39.0 Å². The zero-order chi connectivity index (χ0) is 25.7. The highest BCUT2D eigenvalue weighted by Gasteiger charge is 2.43. The Balaban J connectivity index is 3.56. The fraction of sp³-hybridized carbons (Fsp3) is 0.640. The van der Waals surface area contributed by atoms with E-state index in [1.807, 2.05) is 48.5 Å². The first-order valence-electron chi connectivity index (χ1n) is 11.4. The number of benzene rings is 1. The number of rotatable bonds is 7. The Hall–Kier alpha value is -2.77. The number of carbonyl (C=O) groups excluding carboxylic acids is 3. The zero-order valence-electron chi connectivity index (χ0n) is 21.6. The van der Waals surface area contributed by atoms with E-state index < -0.39 is 41.1 Å². The molecule has 3 N–H and O–H groups in total. The smallest absolute Gasteiger partial charge is 0.408 e. The number of hydrogen-bond donors (Lipinski definition) is 3. The van der Waals surface area contributed by atoms with E-state index in [2.05, 4.69) is 10.6 Å². The topological polar surface area (TPSA) is 108 Å². The SMILES string of the molecule is CC(C)NC(=O)C(c1ccccc1O)N(C(=O)C(NC(=O)OC(C)(C)C)C(C)C)C(C)(C)C. The summed E-state index contributed by atoms with van der Waals surface area (Å²) >= 11 is 0. The van der Waals surface area contributed by atoms with Crippen LogP contribution in [-0.4, -0.2) is 51.1 Å². The summed E-state index contributed by atoms with van der Waals surface area (Å²) in [6.45, 7) is 17.9. The summed E-state index contributed by atoms with van der Waals surface area (Å²) in [5.41, 5.74) is -1.24. The van der Waals surface area contributed by atoms with Gasteiger partial charge in [0.05, 0.1) is 0 Å². The van der Waals surface area contributed by atoms with Gasteiger partial charge < -0.3 is 25.4 Å². The first-order chi connectivity index (χ1) is 15.0. The largest absolute Gasteiger partial charge is 0.508 e. The predicted octanol–water partition coefficient (Wildman–Crippen LogP) is 4.13. The molecule has 2 atom stereocenters. The van der Waals surface area contributed by atoms with Gasteiger partial charge in [0.2, 0.25) is 11.8 Å². The van der Waals surface area contributed by atoms with Crippen molar-refractivity contribution in [1.29, 1.82) is 0 Å². The normalized spacial score (nSPS) is 13.9. The minimum absolute atomic E-state index is 0.0929. The molecule has 8 nitrogen and oxygen atoms in total. The van der Waals surface area contributed by atoms with Gasteiger partial charge in [-0.25, -0.2) is 4.79 Å². The van der Waals surface area contributed by atoms with Crippen molar-refractivity contribution in [3.8, 4) is 5.75 Å². The summed E-state index contributed by atoms with van der Waals surface area (Å²) < 4.78 is 5.36. The summed E-state index contributed by atoms with van der Waals surface area (Å²) in [4.78, 5) is 41.2. The number of phenolic OH excluding ortho intramolecular Hbond substituents is 1. The van der Waals surface area contributed by atoms with Gasteiger partial charge in [-0.15, -0.1) is 0 Å². The van der Waals surface area contributed by atoms with Crippen molar-refractivity contribution in [3.63, 3.8) is 0 Å². The highest BCUT2D eigenvalue weighted by Crippen LogP contribution is 2.35. The lowest BCUT2D eigenvalue weighted by Gasteiger charge is -2.43. The average Bonchev–Trinajstić information content (AvgIpc) is 2.61. The van der Waals surface area contributed by atoms with Gasteiger partial charge in [0.25, 0.3) is 0 Å². The maximum atomic E-state index is 13.9. The lowest BCUT2D eigenvalue weighted by atomic mass is 9.92. The third kappa shape index (κ3) is 8.26. The van der Waals surface area contributed by atoms with Gasteiger partial charge in [-0.05, 0) is 67.4 Å². The number of nitrogens with zero attached hydrogens (tertiary/aromatic N) is 1. The van der Waals surface area contributed by atoms with Gasteiger partial charge in [0, 0.05) is 17.1 Å². The van der Waals surface area contributed by atoms with Gasteiger partial charge in [0.15, 0.2) is 0 Å². The maximum absolute atomic E-state index is 13.9. The Kier molecular flexibility index (Phi) is 9.33. The maximum Gasteiger partial charge on any atom is 0.408 e. The lowest BCUT2D eigenvalue weighted by molar-refractivity contribution is -0.149. The van der Waals surface area contributed by atoms with Crippen molar-refractivity contribution in [2.24, 2.45) is 5.92 Å². The number of hydrogen-bond acceptors (Lipinski definition) is 5. The number of para-hydroxylation sites is 1. The average molecular weight is 464 g/mol. The molecule has 0 saturated carbocycles. The van der Waals surface area contributed by atoms with Crippen LogP contribution in [0.1, 0.15) is 80.8 Å². The molecule has 2 unspecified atom stereocenters. The third-order valence-corrected chi connectivity index (χ3v) is 4.73. The quantitative estimate of drug-likeness (QED) is 0.563. The highest BCUT2D eigenvalue weighted by molar-refractivity contribution is 5.93. The molecule has 0 aromatic heterocycles. The molecule has 0 radical (unpaired) electrons. The Morgan fingerprint density at radius 2 is 1.48 bits per heavy atom. The van der Waals surface area contributed by atoms with Gasteiger partial charge in [-0.2, -0.15) is 0 Å². The number of carbonyl (C=O) groups is 3. The van der Waals surface area contributed by atoms with Gasteiger partial charge in [-0.3, -0.25) is 9.59 Å². The van der Waals surface area contributed by atoms with Crippen LogP contribution in [0, 0.1) is 5.92 Å². The molecule has 0 heterocycles. The van der Waals surface area contributed by atoms with Crippen LogP contribution < -0.4 is 10.6 Å². The van der Waals surface area contributed by atoms with Crippen LogP contribution >= 0.6 is 0 Å². The van der Waals surface area contributed by atoms with E-state index in [1.165, 1.54) is 11.0 Å². The van der Waals surface area contributed by atoms with Crippen LogP contribution in [0.5, 0.6) is 5.75 Å². The van der Waals surface area contributed by atoms with Crippen molar-refractivity contribution in [2.45, 2.75) is 98.5 Å². The zero-order valence-corrected chi connectivity index (χ0v) is 21.6. The van der Waals surface area contributed by atoms with Crippen LogP contribution in [0.15, 0.2) is 24.3 Å². The minimum Gasteiger partial charge on any atom is -0.508 e. The Bertz CT molecular complexity index is 837. The number of phenols is 1. The van der Waals surface area contributed by atoms with E-state index >= 15 is 0 Å². The van der Waals surface area contributed by atoms with Crippen LogP contribution in [0.3, 0.4) is 0 Å². The molecule has 0 bridgehead atoms. The predicted molar refractivity (Wildman–Crippen MR) is 129 cm³/mol. The van der Waals surface area contributed by atoms with E-state index in [9.17, 15) is 19.5 Å². The molecule has 0 spiro atoms. The van der Waals surface area contributed by atoms with Crippen LogP contribution in [-0.2, 0) is 14.3 Å². The molecule has 0 fully saturated rings. The van der Waals surface area contributed by atoms with Gasteiger partial charge in [0.1, 0.15) is 23.4 Å². The van der Waals surface area contributed by atoms with E-state index in [0.717, 1.165) is 0 Å². The molecule has 0 aliphatic rings. The number of aromatic hydroxyl groups is 1. The number of amides is 3. The highest BCUT2D eigenvalue weighted by atomic mass is 16.6. The third-order valence-electron chi connectivity index (χ3n) is 4.73. The first kappa shape index (κ1) is 28.3. The Morgan fingerprint density at radius 3 is 1.91 bits per heavy atom. The second kappa shape index (κ2) is 10.9. The molecular weight excluding hydrogens is 422 g/mol. The summed E-state index contributed by atoms with van der Waals surface area (Å²) in [6.07, 6.45) is -0.714. The molecule has 1 aromatic carbocycles. The monoisotopic (exact) mass is 463 g/mol. The van der Waals surface area contributed by atoms with Crippen molar-refractivity contribution >= 4 is 17.9 Å². The molecule has 1 rings (SSSR count). The molecule has 186 valence electrons. The Labute approximate surface area is 198 Å². The summed E-state index contributed by atoms with van der Waals surface area (Å²) in [6, 6.07) is 4.23. The van der Waals surface area contributed by atoms with Crippen LogP contribution in [0.25, 0.3) is 0 Å². The van der Waals surface area contributed by atoms with Gasteiger partial charge >= 0.3 is 6.09 Å². The molecule has 1 aromatic rings. The number of alkyl carbamates (subject to hydrolysis) is 1. The second-order valence-electron chi connectivity index (χ2n) is 10.9. The molecule has 8 heteroatoms. The second-order valence-corrected chi connectivity index (χ2v) is 10.9. The van der Waals surface area contributed by atoms with Crippen LogP contribution in [0.4, 0.5) is 4.79 Å². The lowest BCUT2D eigenvalue weighted by Crippen LogP contribution is -2.60. The summed E-state index contributed by atoms with van der Waals surface area (Å²) in [5.74, 6) is -1.25. The molecule has 0 saturated heterocycles. The van der Waals surface area contributed by atoms with E-state index in [-0.39, 0.29) is 17.7 Å². The van der Waals surface area contributed by atoms with Crippen molar-refractivity contribution in [2.75, 3.05) is 0 Å². The molecular formula is C25H41N3O5. The molecule has 3 amide bonds. The molecule has 33 heavy (non-hydrogen) atoms. The van der Waals surface area contributed by atoms with E-state index in [4.69, 9.17) is 4.74 Å². The Morgan fingerprint density at radius 1 is 0.939 bits per heavy atom. The fourth-order valence-electron chi connectivity index (χ4n) is 3.42. The number of ether oxygens (including phenoxy) is 1. The van der Waals surface area contributed by atoms with Crippen molar-refractivity contribution < 1.29 is 24.2 Å². The van der Waals surface area contributed by atoms with Crippen molar-refractivity contribution in [1.82, 2.24) is 15.5 Å². The number of nitrogens with one attached hydrogen (secondary N) is 2. The minimum atomic E-state index is -1.11. The fourth-order valence-corrected chi connectivity index (χ4v) is 3.42. The molecule has 0 aliphatic carbocycles. The van der Waals surface area contributed by atoms with Gasteiger partial charge in [-0.1, -0.05) is 32.0 Å². The standard InChI is InChI=1S/C25H41N3O5/c1-15(2)19(27-23(32)33-25(8,9)10)22(31)28(24(5,6)7)20(21(30)26-16(3)4)17-13-11-12-14-18(17)29/h11-16,19-20,29H,1-10H3,(H,26,30)(H,27,32). The van der Waals surface area contributed by atoms with Crippen LogP contribution in [0.2, 0.25) is 0 Å². The van der Waals surface area contributed by atoms with Crippen molar-refractivity contribution in [3.05, 3.63) is 29.8 Å². The summed E-state index contributed by atoms with van der Waals surface area (Å²) in [7, 11) is 0.